The number of aliphatic imine (C=N–C) groups is 1. The SMILES string of the molecule is C=CC(c1ccccc1C(=O)CCCCCCCC=CCCCCCCCC)(C(C)O)N1C=NCC1. The number of allylic oxidation sites excluding steroid dienone is 2. The van der Waals surface area contributed by atoms with Crippen LogP contribution in [0, 0.1) is 0 Å². The summed E-state index contributed by atoms with van der Waals surface area (Å²) in [5, 5.41) is 10.8. The van der Waals surface area contributed by atoms with E-state index >= 15 is 0 Å². The van der Waals surface area contributed by atoms with Crippen LogP contribution in [0.5, 0.6) is 0 Å². The highest BCUT2D eigenvalue weighted by atomic mass is 16.3. The van der Waals surface area contributed by atoms with E-state index in [0.717, 1.165) is 18.4 Å². The molecule has 36 heavy (non-hydrogen) atoms. The topological polar surface area (TPSA) is 52.9 Å². The molecule has 0 saturated heterocycles. The first-order valence-electron chi connectivity index (χ1n) is 14.4. The zero-order chi connectivity index (χ0) is 26.1. The summed E-state index contributed by atoms with van der Waals surface area (Å²) in [5.41, 5.74) is 0.657. The summed E-state index contributed by atoms with van der Waals surface area (Å²) < 4.78 is 0. The third kappa shape index (κ3) is 9.03. The predicted octanol–water partition coefficient (Wildman–Crippen LogP) is 8.01. The molecule has 0 saturated carbocycles. The first-order valence-corrected chi connectivity index (χ1v) is 14.4. The largest absolute Gasteiger partial charge is 0.390 e. The monoisotopic (exact) mass is 494 g/mol. The Morgan fingerprint density at radius 3 is 2.22 bits per heavy atom. The molecule has 1 aromatic carbocycles. The fourth-order valence-corrected chi connectivity index (χ4v) is 5.24. The molecule has 0 amide bonds. The van der Waals surface area contributed by atoms with Gasteiger partial charge in [-0.1, -0.05) is 101 Å². The van der Waals surface area contributed by atoms with E-state index < -0.39 is 11.6 Å². The van der Waals surface area contributed by atoms with Crippen LogP contribution in [0.3, 0.4) is 0 Å². The first kappa shape index (κ1) is 30.0. The van der Waals surface area contributed by atoms with Gasteiger partial charge in [-0.05, 0) is 44.6 Å². The summed E-state index contributed by atoms with van der Waals surface area (Å²) >= 11 is 0. The van der Waals surface area contributed by atoms with Gasteiger partial charge in [-0.25, -0.2) is 0 Å². The van der Waals surface area contributed by atoms with Crippen molar-refractivity contribution in [3.63, 3.8) is 0 Å². The molecule has 4 heteroatoms. The van der Waals surface area contributed by atoms with Gasteiger partial charge in [-0.15, -0.1) is 6.58 Å². The number of aliphatic hydroxyl groups excluding tert-OH is 1. The van der Waals surface area contributed by atoms with Crippen molar-refractivity contribution < 1.29 is 9.90 Å². The Kier molecular flexibility index (Phi) is 14.4. The summed E-state index contributed by atoms with van der Waals surface area (Å²) in [4.78, 5) is 19.6. The van der Waals surface area contributed by atoms with Gasteiger partial charge in [0, 0.05) is 18.5 Å². The Morgan fingerprint density at radius 1 is 1.03 bits per heavy atom. The minimum Gasteiger partial charge on any atom is -0.390 e. The highest BCUT2D eigenvalue weighted by Gasteiger charge is 2.42. The third-order valence-electron chi connectivity index (χ3n) is 7.44. The predicted molar refractivity (Wildman–Crippen MR) is 154 cm³/mol. The molecule has 0 aromatic heterocycles. The minimum atomic E-state index is -0.852. The van der Waals surface area contributed by atoms with Crippen LogP contribution in [0.4, 0.5) is 0 Å². The molecule has 2 rings (SSSR count). The highest BCUT2D eigenvalue weighted by Crippen LogP contribution is 2.36. The summed E-state index contributed by atoms with van der Waals surface area (Å²) in [7, 11) is 0. The third-order valence-corrected chi connectivity index (χ3v) is 7.44. The molecule has 200 valence electrons. The molecule has 2 unspecified atom stereocenters. The number of Topliss-reactive ketones (excluding diaryl/α,β-unsaturated/α-hetero) is 1. The average molecular weight is 495 g/mol. The number of nitrogens with zero attached hydrogens (tertiary/aromatic N) is 2. The zero-order valence-corrected chi connectivity index (χ0v) is 23.0. The Morgan fingerprint density at radius 2 is 1.64 bits per heavy atom. The molecule has 0 spiro atoms. The van der Waals surface area contributed by atoms with Crippen molar-refractivity contribution in [1.82, 2.24) is 4.90 Å². The van der Waals surface area contributed by atoms with Crippen LogP contribution in [-0.2, 0) is 5.54 Å². The van der Waals surface area contributed by atoms with Crippen LogP contribution in [0.15, 0.2) is 54.1 Å². The second-order valence-electron chi connectivity index (χ2n) is 10.2. The quantitative estimate of drug-likeness (QED) is 0.113. The molecule has 0 fully saturated rings. The van der Waals surface area contributed by atoms with E-state index in [9.17, 15) is 9.90 Å². The van der Waals surface area contributed by atoms with Crippen molar-refractivity contribution in [2.45, 2.75) is 115 Å². The van der Waals surface area contributed by atoms with E-state index in [0.29, 0.717) is 25.1 Å². The molecule has 1 heterocycles. The van der Waals surface area contributed by atoms with Gasteiger partial charge in [0.2, 0.25) is 0 Å². The minimum absolute atomic E-state index is 0.145. The van der Waals surface area contributed by atoms with Crippen molar-refractivity contribution in [1.29, 1.82) is 0 Å². The lowest BCUT2D eigenvalue weighted by Gasteiger charge is -2.42. The van der Waals surface area contributed by atoms with Gasteiger partial charge < -0.3 is 10.0 Å². The van der Waals surface area contributed by atoms with E-state index in [1.807, 2.05) is 29.2 Å². The van der Waals surface area contributed by atoms with Crippen LogP contribution >= 0.6 is 0 Å². The Balaban J connectivity index is 1.72. The van der Waals surface area contributed by atoms with Crippen molar-refractivity contribution >= 4 is 12.1 Å². The number of carbonyl (C=O) groups is 1. The standard InChI is InChI=1S/C32H50N2O2/c1-4-6-7-8-9-10-11-12-13-14-15-16-17-18-19-24-31(36)29-22-20-21-23-30(29)32(5-2,28(3)35)34-26-25-33-27-34/h5,12-13,20-23,27-28,35H,2,4,6-11,14-19,24-26H2,1,3H3. The van der Waals surface area contributed by atoms with Crippen molar-refractivity contribution in [3.8, 4) is 0 Å². The summed E-state index contributed by atoms with van der Waals surface area (Å²) in [6.07, 6.45) is 24.3. The molecule has 0 radical (unpaired) electrons. The van der Waals surface area contributed by atoms with E-state index in [2.05, 4.69) is 30.6 Å². The van der Waals surface area contributed by atoms with Crippen molar-refractivity contribution in [2.24, 2.45) is 4.99 Å². The molecule has 0 bridgehead atoms. The number of carbonyl (C=O) groups excluding carboxylic acids is 1. The number of hydrogen-bond acceptors (Lipinski definition) is 4. The molecule has 1 N–H and O–H groups in total. The average Bonchev–Trinajstić information content (AvgIpc) is 3.42. The molecule has 1 aliphatic heterocycles. The molecular formula is C32H50N2O2. The number of unbranched alkanes of at least 4 members (excludes halogenated alkanes) is 11. The normalized spacial score (nSPS) is 15.9. The second-order valence-corrected chi connectivity index (χ2v) is 10.2. The molecule has 2 atom stereocenters. The summed E-state index contributed by atoms with van der Waals surface area (Å²) in [6, 6.07) is 7.68. The highest BCUT2D eigenvalue weighted by molar-refractivity contribution is 5.98. The van der Waals surface area contributed by atoms with Gasteiger partial charge in [0.05, 0.1) is 19.0 Å². The first-order chi connectivity index (χ1) is 17.6. The second kappa shape index (κ2) is 17.3. The number of hydrogen-bond donors (Lipinski definition) is 1. The van der Waals surface area contributed by atoms with Gasteiger partial charge in [0.25, 0.3) is 0 Å². The number of rotatable bonds is 20. The number of aliphatic hydroxyl groups is 1. The lowest BCUT2D eigenvalue weighted by atomic mass is 9.79. The smallest absolute Gasteiger partial charge is 0.163 e. The van der Waals surface area contributed by atoms with Gasteiger partial charge in [-0.2, -0.15) is 0 Å². The van der Waals surface area contributed by atoms with Crippen LogP contribution in [-0.4, -0.2) is 41.3 Å². The van der Waals surface area contributed by atoms with E-state index in [1.165, 1.54) is 70.6 Å². The van der Waals surface area contributed by atoms with Crippen LogP contribution in [0.25, 0.3) is 0 Å². The van der Waals surface area contributed by atoms with Crippen molar-refractivity contribution in [3.05, 3.63) is 60.2 Å². The molecule has 1 aliphatic rings. The maximum Gasteiger partial charge on any atom is 0.163 e. The molecule has 4 nitrogen and oxygen atoms in total. The zero-order valence-electron chi connectivity index (χ0n) is 23.0. The fraction of sp³-hybridized carbons (Fsp3) is 0.625. The summed E-state index contributed by atoms with van der Waals surface area (Å²) in [5.74, 6) is 0.145. The van der Waals surface area contributed by atoms with Crippen LogP contribution < -0.4 is 0 Å². The van der Waals surface area contributed by atoms with E-state index in [1.54, 1.807) is 19.3 Å². The van der Waals surface area contributed by atoms with Crippen molar-refractivity contribution in [2.75, 3.05) is 13.1 Å². The lowest BCUT2D eigenvalue weighted by molar-refractivity contribution is 0.0524. The maximum atomic E-state index is 13.2. The Hall–Kier alpha value is -2.20. The van der Waals surface area contributed by atoms with E-state index in [-0.39, 0.29) is 5.78 Å². The van der Waals surface area contributed by atoms with E-state index in [4.69, 9.17) is 0 Å². The van der Waals surface area contributed by atoms with Gasteiger partial charge in [0.15, 0.2) is 5.78 Å². The van der Waals surface area contributed by atoms with Crippen LogP contribution in [0.2, 0.25) is 0 Å². The number of benzene rings is 1. The van der Waals surface area contributed by atoms with Crippen LogP contribution in [0.1, 0.15) is 120 Å². The molecule has 1 aromatic rings. The van der Waals surface area contributed by atoms with Gasteiger partial charge in [0.1, 0.15) is 5.54 Å². The fourth-order valence-electron chi connectivity index (χ4n) is 5.24. The number of ketones is 1. The van der Waals surface area contributed by atoms with Gasteiger partial charge >= 0.3 is 0 Å². The Bertz CT molecular complexity index is 829. The lowest BCUT2D eigenvalue weighted by Crippen LogP contribution is -2.51. The maximum absolute atomic E-state index is 13.2. The Labute approximate surface area is 220 Å². The molecule has 0 aliphatic carbocycles. The summed E-state index contributed by atoms with van der Waals surface area (Å²) in [6.45, 7) is 9.46. The molecular weight excluding hydrogens is 444 g/mol. The van der Waals surface area contributed by atoms with Gasteiger partial charge in [-0.3, -0.25) is 9.79 Å².